The van der Waals surface area contributed by atoms with Crippen molar-refractivity contribution in [2.24, 2.45) is 0 Å². The fraction of sp³-hybridized carbons (Fsp3) is 0.200. The lowest BCUT2D eigenvalue weighted by Crippen LogP contribution is -2.31. The Kier molecular flexibility index (Phi) is 5.78. The van der Waals surface area contributed by atoms with E-state index in [0.717, 1.165) is 17.2 Å². The molecule has 1 N–H and O–H groups in total. The third-order valence-electron chi connectivity index (χ3n) is 3.88. The van der Waals surface area contributed by atoms with Gasteiger partial charge in [0.05, 0.1) is 0 Å². The van der Waals surface area contributed by atoms with Crippen LogP contribution in [0.1, 0.15) is 34.8 Å². The first-order valence-electron chi connectivity index (χ1n) is 8.56. The summed E-state index contributed by atoms with van der Waals surface area (Å²) >= 11 is 0. The van der Waals surface area contributed by atoms with Gasteiger partial charge in [-0.25, -0.2) is 4.39 Å². The highest BCUT2D eigenvalue weighted by atomic mass is 19.1. The molecule has 1 atom stereocenters. The number of nitrogens with zero attached hydrogens (tertiary/aromatic N) is 2. The molecular formula is C20H18FN3O4. The second kappa shape index (κ2) is 8.43. The minimum absolute atomic E-state index is 0.112. The Hall–Kier alpha value is -3.55. The number of esters is 1. The summed E-state index contributed by atoms with van der Waals surface area (Å²) in [7, 11) is 0. The zero-order valence-electron chi connectivity index (χ0n) is 15.3. The van der Waals surface area contributed by atoms with Crippen molar-refractivity contribution in [2.75, 3.05) is 6.54 Å². The molecule has 3 rings (SSSR count). The van der Waals surface area contributed by atoms with E-state index >= 15 is 0 Å². The van der Waals surface area contributed by atoms with Crippen LogP contribution in [-0.2, 0) is 9.53 Å². The zero-order chi connectivity index (χ0) is 20.1. The maximum atomic E-state index is 13.1. The summed E-state index contributed by atoms with van der Waals surface area (Å²) in [4.78, 5) is 23.9. The summed E-state index contributed by atoms with van der Waals surface area (Å²) in [6, 6.07) is 12.7. The summed E-state index contributed by atoms with van der Waals surface area (Å²) in [5.41, 5.74) is 1.97. The summed E-state index contributed by atoms with van der Waals surface area (Å²) in [6.07, 6.45) is -0.787. The lowest BCUT2D eigenvalue weighted by molar-refractivity contribution is -0.148. The lowest BCUT2D eigenvalue weighted by atomic mass is 10.1. The molecule has 28 heavy (non-hydrogen) atoms. The first-order chi connectivity index (χ1) is 13.4. The Morgan fingerprint density at radius 3 is 2.64 bits per heavy atom. The molecule has 0 unspecified atom stereocenters. The van der Waals surface area contributed by atoms with Crippen LogP contribution >= 0.6 is 0 Å². The van der Waals surface area contributed by atoms with E-state index in [-0.39, 0.29) is 18.0 Å². The lowest BCUT2D eigenvalue weighted by Gasteiger charge is -2.10. The number of nitrogens with one attached hydrogen (secondary N) is 1. The number of carbonyl (C=O) groups is 2. The third kappa shape index (κ3) is 4.79. The van der Waals surface area contributed by atoms with Crippen LogP contribution in [0.25, 0.3) is 11.5 Å². The second-order valence-corrected chi connectivity index (χ2v) is 6.14. The molecule has 144 valence electrons. The van der Waals surface area contributed by atoms with Gasteiger partial charge in [-0.05, 0) is 44.2 Å². The molecule has 0 saturated heterocycles. The molecule has 0 bridgehead atoms. The monoisotopic (exact) mass is 383 g/mol. The fourth-order valence-corrected chi connectivity index (χ4v) is 2.39. The molecule has 0 spiro atoms. The highest BCUT2D eigenvalue weighted by Gasteiger charge is 2.19. The number of benzene rings is 2. The Morgan fingerprint density at radius 1 is 1.18 bits per heavy atom. The van der Waals surface area contributed by atoms with E-state index in [1.165, 1.54) is 18.2 Å². The topological polar surface area (TPSA) is 94.3 Å². The number of aryl methyl sites for hydroxylation is 1. The van der Waals surface area contributed by atoms with Crippen molar-refractivity contribution in [1.29, 1.82) is 0 Å². The highest BCUT2D eigenvalue weighted by molar-refractivity contribution is 5.95. The SMILES string of the molecule is Cc1ccc(-c2nnc([C@@H](C)OC(=O)CNC(=O)c3cccc(F)c3)o2)cc1. The van der Waals surface area contributed by atoms with Crippen LogP contribution in [0, 0.1) is 12.7 Å². The van der Waals surface area contributed by atoms with Gasteiger partial charge in [-0.15, -0.1) is 10.2 Å². The van der Waals surface area contributed by atoms with Crippen LogP contribution in [0.15, 0.2) is 52.9 Å². The molecule has 8 heteroatoms. The first-order valence-corrected chi connectivity index (χ1v) is 8.56. The largest absolute Gasteiger partial charge is 0.451 e. The van der Waals surface area contributed by atoms with Gasteiger partial charge in [-0.3, -0.25) is 9.59 Å². The smallest absolute Gasteiger partial charge is 0.326 e. The van der Waals surface area contributed by atoms with Crippen LogP contribution in [0.3, 0.4) is 0 Å². The predicted octanol–water partition coefficient (Wildman–Crippen LogP) is 3.22. The van der Waals surface area contributed by atoms with Crippen molar-refractivity contribution in [1.82, 2.24) is 15.5 Å². The number of carbonyl (C=O) groups excluding carboxylic acids is 2. The van der Waals surface area contributed by atoms with E-state index in [1.54, 1.807) is 6.92 Å². The molecule has 0 aliphatic carbocycles. The second-order valence-electron chi connectivity index (χ2n) is 6.14. The predicted molar refractivity (Wildman–Crippen MR) is 97.7 cm³/mol. The number of hydrogen-bond acceptors (Lipinski definition) is 6. The van der Waals surface area contributed by atoms with E-state index in [4.69, 9.17) is 9.15 Å². The van der Waals surface area contributed by atoms with Crippen molar-refractivity contribution < 1.29 is 23.1 Å². The average Bonchev–Trinajstić information content (AvgIpc) is 3.17. The highest BCUT2D eigenvalue weighted by Crippen LogP contribution is 2.22. The molecule has 1 heterocycles. The van der Waals surface area contributed by atoms with Crippen molar-refractivity contribution >= 4 is 11.9 Å². The quantitative estimate of drug-likeness (QED) is 0.657. The van der Waals surface area contributed by atoms with Gasteiger partial charge in [0.15, 0.2) is 6.10 Å². The number of ether oxygens (including phenoxy) is 1. The van der Waals surface area contributed by atoms with Gasteiger partial charge in [0.2, 0.25) is 5.89 Å². The van der Waals surface area contributed by atoms with E-state index < -0.39 is 23.8 Å². The van der Waals surface area contributed by atoms with Gasteiger partial charge in [-0.2, -0.15) is 0 Å². The van der Waals surface area contributed by atoms with Crippen LogP contribution in [0.4, 0.5) is 4.39 Å². The normalized spacial score (nSPS) is 11.7. The average molecular weight is 383 g/mol. The minimum atomic E-state index is -0.787. The number of aromatic nitrogens is 2. The van der Waals surface area contributed by atoms with E-state index in [0.29, 0.717) is 5.89 Å². The Labute approximate surface area is 160 Å². The maximum absolute atomic E-state index is 13.1. The molecule has 1 amide bonds. The van der Waals surface area contributed by atoms with Gasteiger partial charge in [0, 0.05) is 11.1 Å². The molecular weight excluding hydrogens is 365 g/mol. The number of hydrogen-bond donors (Lipinski definition) is 1. The Balaban J connectivity index is 1.54. The Bertz CT molecular complexity index is 985. The van der Waals surface area contributed by atoms with Crippen molar-refractivity contribution in [2.45, 2.75) is 20.0 Å². The van der Waals surface area contributed by atoms with Crippen LogP contribution in [0.5, 0.6) is 0 Å². The Morgan fingerprint density at radius 2 is 1.93 bits per heavy atom. The van der Waals surface area contributed by atoms with Crippen molar-refractivity contribution in [3.63, 3.8) is 0 Å². The molecule has 7 nitrogen and oxygen atoms in total. The van der Waals surface area contributed by atoms with Crippen LogP contribution in [-0.4, -0.2) is 28.6 Å². The van der Waals surface area contributed by atoms with Gasteiger partial charge < -0.3 is 14.5 Å². The first kappa shape index (κ1) is 19.2. The van der Waals surface area contributed by atoms with E-state index in [9.17, 15) is 14.0 Å². The van der Waals surface area contributed by atoms with Gasteiger partial charge in [0.1, 0.15) is 12.4 Å². The third-order valence-corrected chi connectivity index (χ3v) is 3.88. The van der Waals surface area contributed by atoms with Gasteiger partial charge in [-0.1, -0.05) is 23.8 Å². The fourth-order valence-electron chi connectivity index (χ4n) is 2.39. The van der Waals surface area contributed by atoms with Gasteiger partial charge in [0.25, 0.3) is 11.8 Å². The summed E-state index contributed by atoms with van der Waals surface area (Å²) in [6.45, 7) is 3.18. The molecule has 0 radical (unpaired) electrons. The number of halogens is 1. The number of rotatable bonds is 6. The molecule has 2 aromatic carbocycles. The molecule has 0 aliphatic heterocycles. The molecule has 3 aromatic rings. The van der Waals surface area contributed by atoms with Crippen LogP contribution < -0.4 is 5.32 Å². The molecule has 0 fully saturated rings. The molecule has 0 aliphatic rings. The molecule has 0 saturated carbocycles. The van der Waals surface area contributed by atoms with Crippen molar-refractivity contribution in [3.05, 3.63) is 71.4 Å². The van der Waals surface area contributed by atoms with E-state index in [1.807, 2.05) is 31.2 Å². The maximum Gasteiger partial charge on any atom is 0.326 e. The standard InChI is InChI=1S/C20H18FN3O4/c1-12-6-8-14(9-7-12)20-24-23-19(28-20)13(2)27-17(25)11-22-18(26)15-4-3-5-16(21)10-15/h3-10,13H,11H2,1-2H3,(H,22,26)/t13-/m1/s1. The van der Waals surface area contributed by atoms with Crippen molar-refractivity contribution in [3.8, 4) is 11.5 Å². The minimum Gasteiger partial charge on any atom is -0.451 e. The zero-order valence-corrected chi connectivity index (χ0v) is 15.3. The molecule has 1 aromatic heterocycles. The van der Waals surface area contributed by atoms with Crippen LogP contribution in [0.2, 0.25) is 0 Å². The van der Waals surface area contributed by atoms with Gasteiger partial charge >= 0.3 is 5.97 Å². The van der Waals surface area contributed by atoms with E-state index in [2.05, 4.69) is 15.5 Å². The number of amides is 1. The summed E-state index contributed by atoms with van der Waals surface area (Å²) in [5.74, 6) is -1.35. The summed E-state index contributed by atoms with van der Waals surface area (Å²) in [5, 5.41) is 10.2. The summed E-state index contributed by atoms with van der Waals surface area (Å²) < 4.78 is 23.9.